The van der Waals surface area contributed by atoms with Crippen molar-refractivity contribution in [1.29, 1.82) is 0 Å². The first-order valence-corrected chi connectivity index (χ1v) is 7.28. The molecule has 0 unspecified atom stereocenters. The maximum atomic E-state index is 5.76. The number of thiophene rings is 1. The minimum Gasteiger partial charge on any atom is -0.326 e. The maximum absolute atomic E-state index is 5.76. The Morgan fingerprint density at radius 1 is 1.25 bits per heavy atom. The van der Waals surface area contributed by atoms with Gasteiger partial charge in [-0.05, 0) is 47.4 Å². The Morgan fingerprint density at radius 2 is 1.94 bits per heavy atom. The molecule has 2 aromatic rings. The standard InChI is InChI=1S/C13H15NS2/c1-9-13(11(7-14)8-16-9)10-3-5-12(15-2)6-4-10/h3-6,8H,7,14H2,1-2H3. The van der Waals surface area contributed by atoms with Crippen molar-refractivity contribution < 1.29 is 0 Å². The Hall–Kier alpha value is -0.770. The van der Waals surface area contributed by atoms with Crippen LogP contribution in [0.2, 0.25) is 0 Å². The van der Waals surface area contributed by atoms with Crippen LogP contribution in [-0.4, -0.2) is 6.26 Å². The predicted octanol–water partition coefficient (Wildman–Crippen LogP) is 3.90. The molecule has 2 N–H and O–H groups in total. The second-order valence-corrected chi connectivity index (χ2v) is 5.59. The summed E-state index contributed by atoms with van der Waals surface area (Å²) < 4.78 is 0. The number of benzene rings is 1. The van der Waals surface area contributed by atoms with E-state index >= 15 is 0 Å². The Morgan fingerprint density at radius 3 is 2.50 bits per heavy atom. The van der Waals surface area contributed by atoms with Gasteiger partial charge in [0, 0.05) is 16.3 Å². The molecule has 3 heteroatoms. The maximum Gasteiger partial charge on any atom is 0.0192 e. The normalized spacial score (nSPS) is 10.7. The highest BCUT2D eigenvalue weighted by Gasteiger charge is 2.09. The summed E-state index contributed by atoms with van der Waals surface area (Å²) in [5, 5.41) is 2.16. The minimum absolute atomic E-state index is 0.615. The topological polar surface area (TPSA) is 26.0 Å². The van der Waals surface area contributed by atoms with E-state index in [4.69, 9.17) is 5.73 Å². The fourth-order valence-corrected chi connectivity index (χ4v) is 3.11. The number of nitrogens with two attached hydrogens (primary N) is 1. The molecule has 0 saturated heterocycles. The van der Waals surface area contributed by atoms with Gasteiger partial charge in [0.1, 0.15) is 0 Å². The molecule has 0 spiro atoms. The summed E-state index contributed by atoms with van der Waals surface area (Å²) in [6.45, 7) is 2.77. The molecule has 0 saturated carbocycles. The van der Waals surface area contributed by atoms with E-state index in [9.17, 15) is 0 Å². The zero-order chi connectivity index (χ0) is 11.5. The first-order chi connectivity index (χ1) is 7.76. The van der Waals surface area contributed by atoms with Crippen LogP contribution in [0.3, 0.4) is 0 Å². The average molecular weight is 249 g/mol. The second-order valence-electron chi connectivity index (χ2n) is 3.62. The third kappa shape index (κ3) is 2.17. The van der Waals surface area contributed by atoms with Crippen molar-refractivity contribution in [2.24, 2.45) is 5.73 Å². The number of hydrogen-bond donors (Lipinski definition) is 1. The summed E-state index contributed by atoms with van der Waals surface area (Å²) in [7, 11) is 0. The summed E-state index contributed by atoms with van der Waals surface area (Å²) in [5.41, 5.74) is 9.60. The first-order valence-electron chi connectivity index (χ1n) is 5.17. The Bertz CT molecular complexity index is 471. The average Bonchev–Trinajstić information content (AvgIpc) is 2.70. The molecule has 0 amide bonds. The molecule has 1 heterocycles. The lowest BCUT2D eigenvalue weighted by molar-refractivity contribution is 1.08. The molecule has 16 heavy (non-hydrogen) atoms. The van der Waals surface area contributed by atoms with Crippen LogP contribution in [-0.2, 0) is 6.54 Å². The van der Waals surface area contributed by atoms with Gasteiger partial charge < -0.3 is 5.73 Å². The SMILES string of the molecule is CSc1ccc(-c2c(CN)csc2C)cc1. The lowest BCUT2D eigenvalue weighted by atomic mass is 10.0. The van der Waals surface area contributed by atoms with E-state index in [0.717, 1.165) is 0 Å². The van der Waals surface area contributed by atoms with Crippen LogP contribution in [0.5, 0.6) is 0 Å². The Labute approximate surface area is 105 Å². The van der Waals surface area contributed by atoms with Gasteiger partial charge in [0.05, 0.1) is 0 Å². The zero-order valence-electron chi connectivity index (χ0n) is 9.49. The molecule has 0 fully saturated rings. The van der Waals surface area contributed by atoms with Gasteiger partial charge in [-0.25, -0.2) is 0 Å². The van der Waals surface area contributed by atoms with E-state index in [0.29, 0.717) is 6.54 Å². The molecule has 1 nitrogen and oxygen atoms in total. The monoisotopic (exact) mass is 249 g/mol. The summed E-state index contributed by atoms with van der Waals surface area (Å²) in [6, 6.07) is 8.69. The Balaban J connectivity index is 2.45. The third-order valence-corrected chi connectivity index (χ3v) is 4.35. The number of rotatable bonds is 3. The van der Waals surface area contributed by atoms with E-state index in [1.54, 1.807) is 23.1 Å². The van der Waals surface area contributed by atoms with Crippen molar-refractivity contribution in [2.45, 2.75) is 18.4 Å². The highest BCUT2D eigenvalue weighted by molar-refractivity contribution is 7.98. The van der Waals surface area contributed by atoms with E-state index in [-0.39, 0.29) is 0 Å². The van der Waals surface area contributed by atoms with E-state index in [1.807, 2.05) is 0 Å². The van der Waals surface area contributed by atoms with Crippen LogP contribution in [0.15, 0.2) is 34.5 Å². The van der Waals surface area contributed by atoms with Gasteiger partial charge in [0.15, 0.2) is 0 Å². The van der Waals surface area contributed by atoms with Crippen molar-refractivity contribution in [3.63, 3.8) is 0 Å². The van der Waals surface area contributed by atoms with Crippen LogP contribution in [0.25, 0.3) is 11.1 Å². The van der Waals surface area contributed by atoms with Gasteiger partial charge in [0.2, 0.25) is 0 Å². The van der Waals surface area contributed by atoms with Gasteiger partial charge in [0.25, 0.3) is 0 Å². The fraction of sp³-hybridized carbons (Fsp3) is 0.231. The molecule has 1 aromatic heterocycles. The molecule has 2 rings (SSSR count). The number of aryl methyl sites for hydroxylation is 1. The van der Waals surface area contributed by atoms with Crippen molar-refractivity contribution in [1.82, 2.24) is 0 Å². The zero-order valence-corrected chi connectivity index (χ0v) is 11.1. The lowest BCUT2D eigenvalue weighted by Gasteiger charge is -2.05. The highest BCUT2D eigenvalue weighted by Crippen LogP contribution is 2.32. The number of hydrogen-bond acceptors (Lipinski definition) is 3. The molecule has 0 bridgehead atoms. The summed E-state index contributed by atoms with van der Waals surface area (Å²) in [4.78, 5) is 2.64. The van der Waals surface area contributed by atoms with Gasteiger partial charge >= 0.3 is 0 Å². The molecule has 0 atom stereocenters. The fourth-order valence-electron chi connectivity index (χ4n) is 1.80. The molecular formula is C13H15NS2. The predicted molar refractivity (Wildman–Crippen MR) is 74.2 cm³/mol. The van der Waals surface area contributed by atoms with Crippen LogP contribution < -0.4 is 5.73 Å². The second kappa shape index (κ2) is 5.04. The smallest absolute Gasteiger partial charge is 0.0192 e. The molecule has 1 aromatic carbocycles. The van der Waals surface area contributed by atoms with Gasteiger partial charge in [-0.15, -0.1) is 23.1 Å². The summed E-state index contributed by atoms with van der Waals surface area (Å²) >= 11 is 3.54. The third-order valence-electron chi connectivity index (χ3n) is 2.65. The molecule has 0 aliphatic heterocycles. The molecular weight excluding hydrogens is 234 g/mol. The first kappa shape index (κ1) is 11.7. The molecule has 0 aliphatic carbocycles. The number of thioether (sulfide) groups is 1. The van der Waals surface area contributed by atoms with Gasteiger partial charge in [-0.1, -0.05) is 12.1 Å². The largest absolute Gasteiger partial charge is 0.326 e. The quantitative estimate of drug-likeness (QED) is 0.835. The minimum atomic E-state index is 0.615. The van der Waals surface area contributed by atoms with Gasteiger partial charge in [-0.3, -0.25) is 0 Å². The Kier molecular flexibility index (Phi) is 3.69. The van der Waals surface area contributed by atoms with Crippen LogP contribution in [0, 0.1) is 6.92 Å². The molecule has 84 valence electrons. The summed E-state index contributed by atoms with van der Waals surface area (Å²) in [6.07, 6.45) is 2.09. The van der Waals surface area contributed by atoms with E-state index in [1.165, 1.54) is 26.5 Å². The van der Waals surface area contributed by atoms with E-state index in [2.05, 4.69) is 42.8 Å². The highest BCUT2D eigenvalue weighted by atomic mass is 32.2. The van der Waals surface area contributed by atoms with Crippen molar-refractivity contribution in [2.75, 3.05) is 6.26 Å². The summed E-state index contributed by atoms with van der Waals surface area (Å²) in [5.74, 6) is 0. The van der Waals surface area contributed by atoms with Crippen LogP contribution in [0.4, 0.5) is 0 Å². The van der Waals surface area contributed by atoms with Crippen LogP contribution >= 0.6 is 23.1 Å². The van der Waals surface area contributed by atoms with Crippen molar-refractivity contribution in [3.05, 3.63) is 40.1 Å². The molecule has 0 aliphatic rings. The lowest BCUT2D eigenvalue weighted by Crippen LogP contribution is -1.96. The van der Waals surface area contributed by atoms with Crippen molar-refractivity contribution >= 4 is 23.1 Å². The van der Waals surface area contributed by atoms with Crippen LogP contribution in [0.1, 0.15) is 10.4 Å². The molecule has 0 radical (unpaired) electrons. The van der Waals surface area contributed by atoms with E-state index < -0.39 is 0 Å². The van der Waals surface area contributed by atoms with Crippen molar-refractivity contribution in [3.8, 4) is 11.1 Å². The van der Waals surface area contributed by atoms with Gasteiger partial charge in [-0.2, -0.15) is 0 Å².